The van der Waals surface area contributed by atoms with E-state index in [0.717, 1.165) is 32.5 Å². The van der Waals surface area contributed by atoms with Crippen LogP contribution in [-0.2, 0) is 10.9 Å². The third-order valence-corrected chi connectivity index (χ3v) is 8.25. The van der Waals surface area contributed by atoms with Gasteiger partial charge < -0.3 is 19.9 Å². The van der Waals surface area contributed by atoms with Crippen LogP contribution in [0.15, 0.2) is 12.3 Å². The second-order valence-corrected chi connectivity index (χ2v) is 10.9. The van der Waals surface area contributed by atoms with Crippen molar-refractivity contribution in [3.63, 3.8) is 0 Å². The van der Waals surface area contributed by atoms with Gasteiger partial charge in [0.1, 0.15) is 11.6 Å². The molecule has 0 aliphatic carbocycles. The summed E-state index contributed by atoms with van der Waals surface area (Å²) in [5.74, 6) is 0.00556. The molecular formula is C25H35F3N8O. The molecule has 0 radical (unpaired) electrons. The SMILES string of the molecule is Cc1cnn(C2COC2)c1C1CCN(c2cc(N3CC(N4CCN[C@H](C)C4)C3)nc(C(F)(F)F)n2)CC1. The zero-order valence-corrected chi connectivity index (χ0v) is 21.4. The second-order valence-electron chi connectivity index (χ2n) is 10.9. The first-order valence-electron chi connectivity index (χ1n) is 13.3. The number of hydrogen-bond donors (Lipinski definition) is 1. The Hall–Kier alpha value is -2.44. The van der Waals surface area contributed by atoms with Gasteiger partial charge in [-0.25, -0.2) is 9.97 Å². The first-order chi connectivity index (χ1) is 17.8. The first kappa shape index (κ1) is 24.9. The number of nitrogens with zero attached hydrogens (tertiary/aromatic N) is 7. The molecule has 4 fully saturated rings. The van der Waals surface area contributed by atoms with E-state index in [-0.39, 0.29) is 6.04 Å². The van der Waals surface area contributed by atoms with Crippen molar-refractivity contribution in [3.8, 4) is 0 Å². The Kier molecular flexibility index (Phi) is 6.52. The lowest BCUT2D eigenvalue weighted by molar-refractivity contribution is -0.144. The highest BCUT2D eigenvalue weighted by molar-refractivity contribution is 5.53. The van der Waals surface area contributed by atoms with Crippen molar-refractivity contribution in [3.05, 3.63) is 29.3 Å². The van der Waals surface area contributed by atoms with Crippen LogP contribution in [0.3, 0.4) is 0 Å². The van der Waals surface area contributed by atoms with Crippen LogP contribution >= 0.6 is 0 Å². The minimum atomic E-state index is -4.59. The van der Waals surface area contributed by atoms with Crippen LogP contribution in [0, 0.1) is 6.92 Å². The fourth-order valence-corrected chi connectivity index (χ4v) is 6.04. The number of anilines is 2. The molecular weight excluding hydrogens is 485 g/mol. The van der Waals surface area contributed by atoms with E-state index in [9.17, 15) is 13.2 Å². The van der Waals surface area contributed by atoms with Gasteiger partial charge in [-0.15, -0.1) is 0 Å². The van der Waals surface area contributed by atoms with Gasteiger partial charge in [-0.05, 0) is 32.3 Å². The molecule has 6 rings (SSSR count). The van der Waals surface area contributed by atoms with E-state index in [1.807, 2.05) is 16.0 Å². The average molecular weight is 521 g/mol. The molecule has 1 atom stereocenters. The summed E-state index contributed by atoms with van der Waals surface area (Å²) in [7, 11) is 0. The standard InChI is InChI=1S/C25H35F3N8O/c1-16-10-30-36(20-14-37-15-20)23(16)18-3-6-33(7-4-18)21-9-22(32-24(31-21)25(26,27)28)35-12-19(13-35)34-8-5-29-17(2)11-34/h9-10,17-20,29H,3-8,11-15H2,1-2H3/t17-/m1/s1. The Morgan fingerprint density at radius 2 is 1.68 bits per heavy atom. The van der Waals surface area contributed by atoms with Crippen LogP contribution < -0.4 is 15.1 Å². The Bertz CT molecular complexity index is 1110. The zero-order valence-electron chi connectivity index (χ0n) is 21.4. The molecule has 0 aromatic carbocycles. The smallest absolute Gasteiger partial charge is 0.377 e. The lowest BCUT2D eigenvalue weighted by Crippen LogP contribution is -2.64. The summed E-state index contributed by atoms with van der Waals surface area (Å²) < 4.78 is 48.8. The molecule has 0 spiro atoms. The Morgan fingerprint density at radius 1 is 0.973 bits per heavy atom. The molecule has 4 aliphatic heterocycles. The summed E-state index contributed by atoms with van der Waals surface area (Å²) in [5.41, 5.74) is 2.40. The van der Waals surface area contributed by atoms with Gasteiger partial charge in [-0.2, -0.15) is 18.3 Å². The zero-order chi connectivity index (χ0) is 25.7. The van der Waals surface area contributed by atoms with Crippen molar-refractivity contribution in [2.45, 2.75) is 56.9 Å². The van der Waals surface area contributed by atoms with E-state index in [1.165, 1.54) is 11.3 Å². The normalized spacial score (nSPS) is 24.8. The molecule has 4 saturated heterocycles. The van der Waals surface area contributed by atoms with Gasteiger partial charge in [-0.3, -0.25) is 9.58 Å². The fourth-order valence-electron chi connectivity index (χ4n) is 6.04. The number of ether oxygens (including phenoxy) is 1. The van der Waals surface area contributed by atoms with Crippen LogP contribution in [0.4, 0.5) is 24.8 Å². The molecule has 0 amide bonds. The van der Waals surface area contributed by atoms with Crippen LogP contribution in [0.25, 0.3) is 0 Å². The summed E-state index contributed by atoms with van der Waals surface area (Å²) in [6.07, 6.45) is -0.995. The lowest BCUT2D eigenvalue weighted by atomic mass is 9.91. The fraction of sp³-hybridized carbons (Fsp3) is 0.720. The average Bonchev–Trinajstić information content (AvgIpc) is 3.17. The quantitative estimate of drug-likeness (QED) is 0.645. The molecule has 4 aliphatic rings. The van der Waals surface area contributed by atoms with Crippen LogP contribution in [0.2, 0.25) is 0 Å². The van der Waals surface area contributed by atoms with Crippen molar-refractivity contribution in [2.24, 2.45) is 0 Å². The molecule has 37 heavy (non-hydrogen) atoms. The van der Waals surface area contributed by atoms with E-state index in [1.54, 1.807) is 6.07 Å². The highest BCUT2D eigenvalue weighted by Gasteiger charge is 2.39. The van der Waals surface area contributed by atoms with Gasteiger partial charge >= 0.3 is 6.18 Å². The van der Waals surface area contributed by atoms with Gasteiger partial charge in [-0.1, -0.05) is 0 Å². The molecule has 2 aromatic rings. The van der Waals surface area contributed by atoms with Gasteiger partial charge in [0, 0.05) is 75.6 Å². The molecule has 9 nitrogen and oxygen atoms in total. The largest absolute Gasteiger partial charge is 0.451 e. The van der Waals surface area contributed by atoms with Gasteiger partial charge in [0.25, 0.3) is 0 Å². The Morgan fingerprint density at radius 3 is 2.30 bits per heavy atom. The predicted octanol–water partition coefficient (Wildman–Crippen LogP) is 2.44. The summed E-state index contributed by atoms with van der Waals surface area (Å²) in [5, 5.41) is 8.02. The highest BCUT2D eigenvalue weighted by Crippen LogP contribution is 2.37. The number of halogens is 3. The number of piperidine rings is 1. The van der Waals surface area contributed by atoms with Crippen molar-refractivity contribution in [1.82, 2.24) is 30.0 Å². The minimum absolute atomic E-state index is 0.283. The molecule has 0 bridgehead atoms. The Labute approximate surface area is 215 Å². The third kappa shape index (κ3) is 4.90. The number of alkyl halides is 3. The Balaban J connectivity index is 1.16. The highest BCUT2D eigenvalue weighted by atomic mass is 19.4. The van der Waals surface area contributed by atoms with Gasteiger partial charge in [0.05, 0.1) is 25.5 Å². The summed E-state index contributed by atoms with van der Waals surface area (Å²) in [6.45, 7) is 11.1. The van der Waals surface area contributed by atoms with E-state index in [4.69, 9.17) is 4.74 Å². The minimum Gasteiger partial charge on any atom is -0.377 e. The van der Waals surface area contributed by atoms with Gasteiger partial charge in [0.2, 0.25) is 5.82 Å². The van der Waals surface area contributed by atoms with E-state index in [0.29, 0.717) is 69.0 Å². The maximum absolute atomic E-state index is 13.8. The lowest BCUT2D eigenvalue weighted by Gasteiger charge is -2.48. The van der Waals surface area contributed by atoms with Crippen molar-refractivity contribution in [2.75, 3.05) is 68.8 Å². The molecule has 0 unspecified atom stereocenters. The molecule has 1 N–H and O–H groups in total. The number of nitrogens with one attached hydrogen (secondary N) is 1. The predicted molar refractivity (Wildman–Crippen MR) is 133 cm³/mol. The summed E-state index contributed by atoms with van der Waals surface area (Å²) >= 11 is 0. The number of hydrogen-bond acceptors (Lipinski definition) is 8. The topological polar surface area (TPSA) is 74.6 Å². The third-order valence-electron chi connectivity index (χ3n) is 8.25. The summed E-state index contributed by atoms with van der Waals surface area (Å²) in [4.78, 5) is 14.3. The second kappa shape index (κ2) is 9.70. The van der Waals surface area contributed by atoms with Gasteiger partial charge in [0.15, 0.2) is 0 Å². The van der Waals surface area contributed by atoms with Crippen LogP contribution in [0.1, 0.15) is 48.8 Å². The first-order valence-corrected chi connectivity index (χ1v) is 13.3. The van der Waals surface area contributed by atoms with E-state index < -0.39 is 12.0 Å². The summed E-state index contributed by atoms with van der Waals surface area (Å²) in [6, 6.07) is 2.80. The maximum Gasteiger partial charge on any atom is 0.451 e. The number of aryl methyl sites for hydroxylation is 1. The van der Waals surface area contributed by atoms with Crippen molar-refractivity contribution in [1.29, 1.82) is 0 Å². The number of aromatic nitrogens is 4. The van der Waals surface area contributed by atoms with Crippen LogP contribution in [-0.4, -0.2) is 95.8 Å². The molecule has 202 valence electrons. The molecule has 6 heterocycles. The molecule has 12 heteroatoms. The monoisotopic (exact) mass is 520 g/mol. The van der Waals surface area contributed by atoms with E-state index >= 15 is 0 Å². The molecule has 2 aromatic heterocycles. The number of piperazine rings is 1. The maximum atomic E-state index is 13.8. The van der Waals surface area contributed by atoms with E-state index in [2.05, 4.69) is 43.8 Å². The van der Waals surface area contributed by atoms with Crippen molar-refractivity contribution < 1.29 is 17.9 Å². The molecule has 0 saturated carbocycles. The van der Waals surface area contributed by atoms with Crippen LogP contribution in [0.5, 0.6) is 0 Å². The van der Waals surface area contributed by atoms with Crippen molar-refractivity contribution >= 4 is 11.6 Å². The number of rotatable bonds is 5.